The van der Waals surface area contributed by atoms with Crippen molar-refractivity contribution in [3.05, 3.63) is 0 Å². The Hall–Kier alpha value is -1.94. The summed E-state index contributed by atoms with van der Waals surface area (Å²) in [5, 5.41) is 10.7. The van der Waals surface area contributed by atoms with Crippen molar-refractivity contribution in [2.75, 3.05) is 39.6 Å². The molecule has 3 N–H and O–H groups in total. The molecule has 17 nitrogen and oxygen atoms in total. The van der Waals surface area contributed by atoms with E-state index in [4.69, 9.17) is 37.0 Å². The number of hydrogen-bond acceptors (Lipinski definition) is 15. The van der Waals surface area contributed by atoms with Crippen molar-refractivity contribution < 1.29 is 80.2 Å². The molecule has 0 amide bonds. The minimum atomic E-state index is -4.97. The number of carbonyl (C=O) groups is 4. The molecule has 0 rings (SSSR count). The van der Waals surface area contributed by atoms with Gasteiger partial charge < -0.3 is 33.8 Å². The second-order valence-corrected chi connectivity index (χ2v) is 35.6. The summed E-state index contributed by atoms with van der Waals surface area (Å²) < 4.78 is 68.9. The Morgan fingerprint density at radius 1 is 0.264 bits per heavy atom. The summed E-state index contributed by atoms with van der Waals surface area (Å²) in [5.41, 5.74) is 0. The molecular formula is C87H170O17P2. The van der Waals surface area contributed by atoms with Crippen molar-refractivity contribution in [3.8, 4) is 0 Å². The van der Waals surface area contributed by atoms with Gasteiger partial charge in [0.15, 0.2) is 12.2 Å². The monoisotopic (exact) mass is 1550 g/mol. The van der Waals surface area contributed by atoms with Crippen LogP contribution in [0, 0.1) is 23.7 Å². The van der Waals surface area contributed by atoms with Crippen LogP contribution in [0.3, 0.4) is 0 Å². The number of phosphoric ester groups is 2. The van der Waals surface area contributed by atoms with E-state index in [-0.39, 0.29) is 25.7 Å². The highest BCUT2D eigenvalue weighted by Gasteiger charge is 2.31. The predicted molar refractivity (Wildman–Crippen MR) is 437 cm³/mol. The summed E-state index contributed by atoms with van der Waals surface area (Å²) >= 11 is 0. The maximum absolute atomic E-state index is 13.2. The van der Waals surface area contributed by atoms with Crippen LogP contribution in [-0.2, 0) is 65.4 Å². The second kappa shape index (κ2) is 75.7. The predicted octanol–water partition coefficient (Wildman–Crippen LogP) is 26.3. The fraction of sp³-hybridized carbons (Fsp3) is 0.954. The summed E-state index contributed by atoms with van der Waals surface area (Å²) in [6.07, 6.45) is 65.1. The smallest absolute Gasteiger partial charge is 0.462 e. The Morgan fingerprint density at radius 2 is 0.453 bits per heavy atom. The van der Waals surface area contributed by atoms with E-state index in [1.807, 2.05) is 0 Å². The number of aliphatic hydroxyl groups is 1. The van der Waals surface area contributed by atoms with Gasteiger partial charge in [-0.15, -0.1) is 0 Å². The van der Waals surface area contributed by atoms with Crippen LogP contribution >= 0.6 is 15.6 Å². The van der Waals surface area contributed by atoms with E-state index in [2.05, 4.69) is 55.4 Å². The van der Waals surface area contributed by atoms with Gasteiger partial charge in [0, 0.05) is 25.7 Å². The highest BCUT2D eigenvalue weighted by molar-refractivity contribution is 7.47. The maximum atomic E-state index is 13.2. The summed E-state index contributed by atoms with van der Waals surface area (Å²) in [5.74, 6) is 1.13. The third-order valence-electron chi connectivity index (χ3n) is 21.0. The molecule has 7 atom stereocenters. The third-order valence-corrected chi connectivity index (χ3v) is 22.9. The quantitative estimate of drug-likeness (QED) is 0.0222. The van der Waals surface area contributed by atoms with Gasteiger partial charge >= 0.3 is 39.5 Å². The Bertz CT molecular complexity index is 2060. The zero-order valence-electron chi connectivity index (χ0n) is 70.1. The highest BCUT2D eigenvalue weighted by atomic mass is 31.2. The summed E-state index contributed by atoms with van der Waals surface area (Å²) in [6.45, 7) is 14.4. The molecule has 106 heavy (non-hydrogen) atoms. The van der Waals surface area contributed by atoms with Gasteiger partial charge in [-0.1, -0.05) is 402 Å². The minimum absolute atomic E-state index is 0.106. The van der Waals surface area contributed by atoms with E-state index in [1.54, 1.807) is 0 Å². The normalized spacial score (nSPS) is 14.4. The van der Waals surface area contributed by atoms with Crippen LogP contribution in [-0.4, -0.2) is 96.7 Å². The summed E-state index contributed by atoms with van der Waals surface area (Å²) in [7, 11) is -9.93. The van der Waals surface area contributed by atoms with E-state index in [9.17, 15) is 43.2 Å². The fourth-order valence-electron chi connectivity index (χ4n) is 13.4. The van der Waals surface area contributed by atoms with Gasteiger partial charge in [-0.2, -0.15) is 0 Å². The van der Waals surface area contributed by atoms with Gasteiger partial charge in [-0.25, -0.2) is 9.13 Å². The van der Waals surface area contributed by atoms with E-state index >= 15 is 0 Å². The molecule has 0 aromatic heterocycles. The SMILES string of the molecule is CCC(C)CCCCCCCCCCCCCCCCCCCCC(=O)O[C@H](COC(=O)CCCCCCCCCCCCCCCCC(C)C)COP(=O)(O)OC[C@@H](O)COP(=O)(O)OC[C@@H](COC(=O)CCCCCCCCCCCCC(C)C)OC(=O)CCCCCCCCCCCCC(C)CC. The van der Waals surface area contributed by atoms with Gasteiger partial charge in [0.1, 0.15) is 19.3 Å². The molecule has 0 aliphatic carbocycles. The van der Waals surface area contributed by atoms with Crippen LogP contribution in [0.2, 0.25) is 0 Å². The molecule has 0 heterocycles. The van der Waals surface area contributed by atoms with Crippen molar-refractivity contribution in [3.63, 3.8) is 0 Å². The number of esters is 4. The minimum Gasteiger partial charge on any atom is -0.462 e. The van der Waals surface area contributed by atoms with Crippen LogP contribution in [0.15, 0.2) is 0 Å². The number of unbranched alkanes of at least 4 members (excludes halogenated alkanes) is 48. The van der Waals surface area contributed by atoms with Crippen LogP contribution in [0.1, 0.15) is 453 Å². The lowest BCUT2D eigenvalue weighted by Gasteiger charge is -2.21. The Kier molecular flexibility index (Phi) is 74.3. The molecule has 0 saturated heterocycles. The van der Waals surface area contributed by atoms with E-state index in [1.165, 1.54) is 257 Å². The number of rotatable bonds is 84. The molecule has 0 saturated carbocycles. The zero-order chi connectivity index (χ0) is 78.1. The Labute approximate surface area is 651 Å². The number of carbonyl (C=O) groups excluding carboxylic acids is 4. The average Bonchev–Trinajstić information content (AvgIpc) is 0.901. The molecule has 0 aliphatic rings. The lowest BCUT2D eigenvalue weighted by Crippen LogP contribution is -2.30. The van der Waals surface area contributed by atoms with Crippen LogP contribution in [0.4, 0.5) is 0 Å². The van der Waals surface area contributed by atoms with Gasteiger partial charge in [0.05, 0.1) is 26.4 Å². The molecule has 0 aromatic carbocycles. The second-order valence-electron chi connectivity index (χ2n) is 32.7. The summed E-state index contributed by atoms with van der Waals surface area (Å²) in [4.78, 5) is 73.3. The molecule has 0 spiro atoms. The van der Waals surface area contributed by atoms with Crippen LogP contribution in [0.25, 0.3) is 0 Å². The van der Waals surface area contributed by atoms with Crippen molar-refractivity contribution in [1.82, 2.24) is 0 Å². The Morgan fingerprint density at radius 3 is 0.670 bits per heavy atom. The van der Waals surface area contributed by atoms with Crippen molar-refractivity contribution in [2.24, 2.45) is 23.7 Å². The third kappa shape index (κ3) is 77.4. The van der Waals surface area contributed by atoms with E-state index < -0.39 is 97.5 Å². The first-order valence-electron chi connectivity index (χ1n) is 44.8. The van der Waals surface area contributed by atoms with Crippen molar-refractivity contribution in [2.45, 2.75) is 472 Å². The Balaban J connectivity index is 5.26. The maximum Gasteiger partial charge on any atom is 0.472 e. The van der Waals surface area contributed by atoms with E-state index in [0.717, 1.165) is 114 Å². The lowest BCUT2D eigenvalue weighted by atomic mass is 9.99. The van der Waals surface area contributed by atoms with Gasteiger partial charge in [0.2, 0.25) is 0 Å². The van der Waals surface area contributed by atoms with Crippen molar-refractivity contribution in [1.29, 1.82) is 0 Å². The first-order chi connectivity index (χ1) is 51.2. The average molecular weight is 1550 g/mol. The van der Waals surface area contributed by atoms with Crippen LogP contribution < -0.4 is 0 Å². The summed E-state index contributed by atoms with van der Waals surface area (Å²) in [6, 6.07) is 0. The molecule has 4 unspecified atom stereocenters. The van der Waals surface area contributed by atoms with Gasteiger partial charge in [-0.05, 0) is 49.4 Å². The number of hydrogen-bond donors (Lipinski definition) is 3. The molecule has 0 radical (unpaired) electrons. The highest BCUT2D eigenvalue weighted by Crippen LogP contribution is 2.45. The molecule has 19 heteroatoms. The molecule has 0 aromatic rings. The largest absolute Gasteiger partial charge is 0.472 e. The van der Waals surface area contributed by atoms with E-state index in [0.29, 0.717) is 25.7 Å². The topological polar surface area (TPSA) is 237 Å². The zero-order valence-corrected chi connectivity index (χ0v) is 71.9. The number of ether oxygens (including phenoxy) is 4. The molecule has 0 aliphatic heterocycles. The number of aliphatic hydroxyl groups excluding tert-OH is 1. The number of phosphoric acid groups is 2. The standard InChI is InChI=1S/C87H170O17P2/c1-9-79(7)65-57-49-41-33-24-20-15-13-11-12-14-16-22-26-37-45-53-61-69-86(91)103-82(73-97-84(89)67-59-51-43-35-25-21-18-17-19-23-31-39-47-55-63-77(3)4)75-101-105(93,94)99-71-81(88)72-100-106(95,96)102-76-83(74-98-85(90)68-60-52-44-36-29-27-32-40-48-56-64-78(5)6)104-87(92)70-62-54-46-38-30-28-34-42-50-58-66-80(8)10-2/h77-83,88H,9-76H2,1-8H3,(H,93,94)(H,95,96)/t79?,80?,81-,82-,83-/m1/s1. The first-order valence-corrected chi connectivity index (χ1v) is 47.8. The molecular weight excluding hydrogens is 1380 g/mol. The molecule has 0 fully saturated rings. The molecule has 0 bridgehead atoms. The van der Waals surface area contributed by atoms with Crippen molar-refractivity contribution >= 4 is 39.5 Å². The van der Waals surface area contributed by atoms with Gasteiger partial charge in [0.25, 0.3) is 0 Å². The van der Waals surface area contributed by atoms with Gasteiger partial charge in [-0.3, -0.25) is 37.3 Å². The first kappa shape index (κ1) is 104. The van der Waals surface area contributed by atoms with Crippen LogP contribution in [0.5, 0.6) is 0 Å². The molecule has 630 valence electrons. The lowest BCUT2D eigenvalue weighted by molar-refractivity contribution is -0.161. The fourth-order valence-corrected chi connectivity index (χ4v) is 15.0.